The molecule has 19 heavy (non-hydrogen) atoms. The summed E-state index contributed by atoms with van der Waals surface area (Å²) in [5.41, 5.74) is -0.0612. The predicted molar refractivity (Wildman–Crippen MR) is 74.6 cm³/mol. The fourth-order valence-corrected chi connectivity index (χ4v) is 2.56. The molecule has 1 aromatic heterocycles. The first-order chi connectivity index (χ1) is 9.02. The van der Waals surface area contributed by atoms with E-state index >= 15 is 0 Å². The van der Waals surface area contributed by atoms with Crippen LogP contribution in [0.4, 0.5) is 5.82 Å². The van der Waals surface area contributed by atoms with E-state index in [4.69, 9.17) is 4.74 Å². The van der Waals surface area contributed by atoms with Gasteiger partial charge in [-0.2, -0.15) is 0 Å². The summed E-state index contributed by atoms with van der Waals surface area (Å²) in [4.78, 5) is 20.4. The van der Waals surface area contributed by atoms with E-state index < -0.39 is 0 Å². The Labute approximate surface area is 113 Å². The van der Waals surface area contributed by atoms with Crippen LogP contribution < -0.4 is 10.5 Å². The van der Waals surface area contributed by atoms with Crippen LogP contribution in [0.5, 0.6) is 0 Å². The molecule has 2 heterocycles. The molecule has 1 aromatic rings. The van der Waals surface area contributed by atoms with Gasteiger partial charge < -0.3 is 14.2 Å². The molecule has 6 nitrogen and oxygen atoms in total. The normalized spacial score (nSPS) is 23.8. The van der Waals surface area contributed by atoms with Crippen LogP contribution in [-0.4, -0.2) is 60.9 Å². The van der Waals surface area contributed by atoms with Crippen molar-refractivity contribution in [1.82, 2.24) is 14.5 Å². The third-order valence-electron chi connectivity index (χ3n) is 3.83. The van der Waals surface area contributed by atoms with E-state index in [1.165, 1.54) is 0 Å². The molecule has 0 amide bonds. The number of likely N-dealkylation sites (N-methyl/N-ethyl adjacent to an activating group) is 2. The Morgan fingerprint density at radius 2 is 2.26 bits per heavy atom. The Bertz CT molecular complexity index is 488. The summed E-state index contributed by atoms with van der Waals surface area (Å²) in [6.07, 6.45) is 4.60. The van der Waals surface area contributed by atoms with Crippen molar-refractivity contribution in [2.75, 3.05) is 39.2 Å². The zero-order chi connectivity index (χ0) is 14.0. The molecule has 2 atom stereocenters. The van der Waals surface area contributed by atoms with Gasteiger partial charge >= 0.3 is 0 Å². The molecule has 0 spiro atoms. The smallest absolute Gasteiger partial charge is 0.293 e. The number of aryl methyl sites for hydroxylation is 1. The van der Waals surface area contributed by atoms with Crippen LogP contribution in [0.3, 0.4) is 0 Å². The molecule has 6 heteroatoms. The Kier molecular flexibility index (Phi) is 4.21. The lowest BCUT2D eigenvalue weighted by Gasteiger charge is -2.25. The van der Waals surface area contributed by atoms with E-state index in [1.807, 2.05) is 11.9 Å². The van der Waals surface area contributed by atoms with Crippen molar-refractivity contribution < 1.29 is 4.74 Å². The molecule has 0 bridgehead atoms. The van der Waals surface area contributed by atoms with Crippen molar-refractivity contribution in [2.45, 2.75) is 18.6 Å². The summed E-state index contributed by atoms with van der Waals surface area (Å²) < 4.78 is 6.95. The van der Waals surface area contributed by atoms with Gasteiger partial charge in [-0.05, 0) is 13.5 Å². The highest BCUT2D eigenvalue weighted by Gasteiger charge is 2.30. The number of anilines is 1. The molecule has 106 valence electrons. The summed E-state index contributed by atoms with van der Waals surface area (Å²) in [5, 5.41) is 0. The lowest BCUT2D eigenvalue weighted by molar-refractivity contribution is 0.111. The molecule has 0 radical (unpaired) electrons. The zero-order valence-electron chi connectivity index (χ0n) is 12.0. The lowest BCUT2D eigenvalue weighted by Crippen LogP contribution is -2.39. The molecule has 0 saturated carbocycles. The second kappa shape index (κ2) is 5.71. The molecule has 1 aliphatic heterocycles. The van der Waals surface area contributed by atoms with Gasteiger partial charge in [0, 0.05) is 52.7 Å². The largest absolute Gasteiger partial charge is 0.380 e. The molecule has 1 fully saturated rings. The van der Waals surface area contributed by atoms with Crippen molar-refractivity contribution in [3.63, 3.8) is 0 Å². The molecule has 1 aliphatic rings. The molecule has 0 aromatic carbocycles. The molecule has 0 aliphatic carbocycles. The van der Waals surface area contributed by atoms with Crippen LogP contribution in [0.2, 0.25) is 0 Å². The van der Waals surface area contributed by atoms with Crippen LogP contribution in [0.25, 0.3) is 0 Å². The van der Waals surface area contributed by atoms with Gasteiger partial charge in [0.15, 0.2) is 5.82 Å². The molecule has 0 unspecified atom stereocenters. The van der Waals surface area contributed by atoms with E-state index in [0.29, 0.717) is 11.9 Å². The SMILES string of the molecule is CO[C@H]1C[C@@H](CN(C)c2nccn(C)c2=O)N(C)C1. The third kappa shape index (κ3) is 2.96. The van der Waals surface area contributed by atoms with Crippen molar-refractivity contribution in [3.05, 3.63) is 22.7 Å². The number of rotatable bonds is 4. The van der Waals surface area contributed by atoms with Crippen molar-refractivity contribution in [1.29, 1.82) is 0 Å². The monoisotopic (exact) mass is 266 g/mol. The Hall–Kier alpha value is -1.40. The highest BCUT2D eigenvalue weighted by Crippen LogP contribution is 2.19. The van der Waals surface area contributed by atoms with Crippen LogP contribution >= 0.6 is 0 Å². The van der Waals surface area contributed by atoms with Gasteiger partial charge in [0.25, 0.3) is 5.56 Å². The summed E-state index contributed by atoms with van der Waals surface area (Å²) in [6.45, 7) is 1.72. The van der Waals surface area contributed by atoms with Gasteiger partial charge in [-0.25, -0.2) is 4.98 Å². The molecule has 1 saturated heterocycles. The zero-order valence-corrected chi connectivity index (χ0v) is 12.0. The van der Waals surface area contributed by atoms with Gasteiger partial charge in [-0.1, -0.05) is 0 Å². The predicted octanol–water partition coefficient (Wildman–Crippen LogP) is -0.0644. The maximum Gasteiger partial charge on any atom is 0.293 e. The maximum absolute atomic E-state index is 12.0. The number of aromatic nitrogens is 2. The highest BCUT2D eigenvalue weighted by atomic mass is 16.5. The summed E-state index contributed by atoms with van der Waals surface area (Å²) in [7, 11) is 7.49. The molecular weight excluding hydrogens is 244 g/mol. The molecule has 0 N–H and O–H groups in total. The minimum atomic E-state index is -0.0612. The number of hydrogen-bond acceptors (Lipinski definition) is 5. The Morgan fingerprint density at radius 1 is 1.53 bits per heavy atom. The Balaban J connectivity index is 2.07. The second-order valence-electron chi connectivity index (χ2n) is 5.23. The number of hydrogen-bond donors (Lipinski definition) is 0. The number of ether oxygens (including phenoxy) is 1. The number of likely N-dealkylation sites (tertiary alicyclic amines) is 1. The van der Waals surface area contributed by atoms with Crippen LogP contribution in [-0.2, 0) is 11.8 Å². The van der Waals surface area contributed by atoms with E-state index in [-0.39, 0.29) is 11.7 Å². The average Bonchev–Trinajstić information content (AvgIpc) is 2.73. The minimum absolute atomic E-state index is 0.0612. The van der Waals surface area contributed by atoms with Crippen LogP contribution in [0.1, 0.15) is 6.42 Å². The van der Waals surface area contributed by atoms with E-state index in [1.54, 1.807) is 31.1 Å². The van der Waals surface area contributed by atoms with E-state index in [9.17, 15) is 4.79 Å². The molecule has 2 rings (SSSR count). The summed E-state index contributed by atoms with van der Waals surface area (Å²) >= 11 is 0. The fraction of sp³-hybridized carbons (Fsp3) is 0.692. The summed E-state index contributed by atoms with van der Waals surface area (Å²) in [5.74, 6) is 0.499. The minimum Gasteiger partial charge on any atom is -0.380 e. The maximum atomic E-state index is 12.0. The first kappa shape index (κ1) is 14.0. The van der Waals surface area contributed by atoms with Gasteiger partial charge in [0.2, 0.25) is 0 Å². The lowest BCUT2D eigenvalue weighted by atomic mass is 10.2. The van der Waals surface area contributed by atoms with Gasteiger partial charge in [0.1, 0.15) is 0 Å². The topological polar surface area (TPSA) is 50.6 Å². The van der Waals surface area contributed by atoms with Crippen LogP contribution in [0, 0.1) is 0 Å². The first-order valence-corrected chi connectivity index (χ1v) is 6.48. The Morgan fingerprint density at radius 3 is 2.89 bits per heavy atom. The van der Waals surface area contributed by atoms with Crippen molar-refractivity contribution in [2.24, 2.45) is 7.05 Å². The average molecular weight is 266 g/mol. The summed E-state index contributed by atoms with van der Waals surface area (Å²) in [6, 6.07) is 0.390. The molecular formula is C13H22N4O2. The number of nitrogens with zero attached hydrogens (tertiary/aromatic N) is 4. The highest BCUT2D eigenvalue weighted by molar-refractivity contribution is 5.34. The van der Waals surface area contributed by atoms with Gasteiger partial charge in [-0.3, -0.25) is 9.69 Å². The van der Waals surface area contributed by atoms with Crippen molar-refractivity contribution >= 4 is 5.82 Å². The quantitative estimate of drug-likeness (QED) is 0.764. The second-order valence-corrected chi connectivity index (χ2v) is 5.23. The van der Waals surface area contributed by atoms with Gasteiger partial charge in [-0.15, -0.1) is 0 Å². The first-order valence-electron chi connectivity index (χ1n) is 6.48. The van der Waals surface area contributed by atoms with Gasteiger partial charge in [0.05, 0.1) is 6.10 Å². The van der Waals surface area contributed by atoms with Crippen molar-refractivity contribution in [3.8, 4) is 0 Å². The standard InChI is InChI=1S/C13H22N4O2/c1-15-6-5-14-12(13(15)18)17(3)8-10-7-11(19-4)9-16(10)2/h5-6,10-11H,7-9H2,1-4H3/t10-,11-/m0/s1. The fourth-order valence-electron chi connectivity index (χ4n) is 2.56. The van der Waals surface area contributed by atoms with E-state index in [2.05, 4.69) is 16.9 Å². The van der Waals surface area contributed by atoms with Crippen LogP contribution in [0.15, 0.2) is 17.2 Å². The third-order valence-corrected chi connectivity index (χ3v) is 3.83. The van der Waals surface area contributed by atoms with E-state index in [0.717, 1.165) is 19.5 Å². The number of methoxy groups -OCH3 is 1.